The molecule has 0 bridgehead atoms. The Kier molecular flexibility index (Phi) is 3.18. The molecule has 4 atom stereocenters. The molecule has 1 saturated heterocycles. The van der Waals surface area contributed by atoms with Gasteiger partial charge >= 0.3 is 5.69 Å². The van der Waals surface area contributed by atoms with Gasteiger partial charge in [-0.3, -0.25) is 14.8 Å². The normalized spacial score (nSPS) is 39.6. The average molecular weight is 340 g/mol. The summed E-state index contributed by atoms with van der Waals surface area (Å²) in [5.41, 5.74) is -8.31. The number of hydrogen-bond donors (Lipinski definition) is 5. The fourth-order valence-electron chi connectivity index (χ4n) is 3.31. The molecular weight excluding hydrogens is 320 g/mol. The minimum Gasteiger partial charge on any atom is -0.393 e. The third-order valence-electron chi connectivity index (χ3n) is 5.48. The molecule has 0 spiro atoms. The first kappa shape index (κ1) is 16.8. The van der Waals surface area contributed by atoms with Crippen molar-refractivity contribution in [1.29, 1.82) is 0 Å². The number of rotatable bonds is 2. The van der Waals surface area contributed by atoms with Crippen LogP contribution < -0.4 is 11.2 Å². The van der Waals surface area contributed by atoms with Gasteiger partial charge in [-0.2, -0.15) is 5.10 Å². The second-order valence-corrected chi connectivity index (χ2v) is 6.85. The van der Waals surface area contributed by atoms with E-state index in [-0.39, 0.29) is 11.0 Å². The van der Waals surface area contributed by atoms with Crippen molar-refractivity contribution in [3.8, 4) is 0 Å². The summed E-state index contributed by atoms with van der Waals surface area (Å²) in [6, 6.07) is 0. The fourth-order valence-corrected chi connectivity index (χ4v) is 3.31. The van der Waals surface area contributed by atoms with Crippen molar-refractivity contribution in [2.75, 3.05) is 6.61 Å². The average Bonchev–Trinajstić information content (AvgIpc) is 2.94. The number of aliphatic hydroxyl groups is 3. The highest BCUT2D eigenvalue weighted by atomic mass is 16.6. The Bertz CT molecular complexity index is 925. The van der Waals surface area contributed by atoms with E-state index in [0.717, 1.165) is 4.68 Å². The molecule has 1 fully saturated rings. The number of aromatic amines is 2. The van der Waals surface area contributed by atoms with Crippen LogP contribution in [0.4, 0.5) is 0 Å². The summed E-state index contributed by atoms with van der Waals surface area (Å²) in [7, 11) is 0. The molecule has 2 aromatic rings. The van der Waals surface area contributed by atoms with Crippen LogP contribution in [0.1, 0.15) is 27.7 Å². The molecule has 5 N–H and O–H groups in total. The molecule has 0 radical (unpaired) electrons. The van der Waals surface area contributed by atoms with Gasteiger partial charge in [-0.05, 0) is 27.7 Å². The largest absolute Gasteiger partial charge is 0.393 e. The number of aliphatic hydroxyl groups excluding tert-OH is 1. The molecule has 10 heteroatoms. The maximum Gasteiger partial charge on any atom is 0.327 e. The van der Waals surface area contributed by atoms with Crippen LogP contribution in [-0.4, -0.2) is 58.5 Å². The summed E-state index contributed by atoms with van der Waals surface area (Å²) in [6.45, 7) is 5.02. The van der Waals surface area contributed by atoms with Gasteiger partial charge in [0.1, 0.15) is 27.8 Å². The first-order valence-electron chi connectivity index (χ1n) is 7.38. The van der Waals surface area contributed by atoms with Crippen LogP contribution in [-0.2, 0) is 10.5 Å². The fraction of sp³-hybridized carbons (Fsp3) is 0.643. The molecule has 0 saturated carbocycles. The van der Waals surface area contributed by atoms with E-state index >= 15 is 0 Å². The van der Waals surface area contributed by atoms with E-state index in [4.69, 9.17) is 4.74 Å². The van der Waals surface area contributed by atoms with Crippen molar-refractivity contribution in [3.05, 3.63) is 27.0 Å². The van der Waals surface area contributed by atoms with Crippen molar-refractivity contribution >= 4 is 11.0 Å². The lowest BCUT2D eigenvalue weighted by Gasteiger charge is -2.41. The van der Waals surface area contributed by atoms with E-state index in [2.05, 4.69) is 15.1 Å². The highest BCUT2D eigenvalue weighted by Crippen LogP contribution is 2.54. The first-order valence-corrected chi connectivity index (χ1v) is 7.38. The zero-order chi connectivity index (χ0) is 18.1. The third-order valence-corrected chi connectivity index (χ3v) is 5.48. The van der Waals surface area contributed by atoms with E-state index in [1.807, 2.05) is 0 Å². The lowest BCUT2D eigenvalue weighted by Crippen LogP contribution is -2.63. The first-order chi connectivity index (χ1) is 10.9. The highest BCUT2D eigenvalue weighted by Gasteiger charge is 2.73. The zero-order valence-corrected chi connectivity index (χ0v) is 13.7. The number of hydrogen-bond acceptors (Lipinski definition) is 7. The van der Waals surface area contributed by atoms with Crippen molar-refractivity contribution in [1.82, 2.24) is 19.7 Å². The SMILES string of the molecule is C[C@]1(O)[C@@](C)(O)[C@](C)(n2ncc3c(=O)[nH]c(=O)[nH]c32)O[C@@]1(C)CO. The molecule has 132 valence electrons. The molecule has 0 aliphatic carbocycles. The number of nitrogens with one attached hydrogen (secondary N) is 2. The maximum atomic E-state index is 11.9. The van der Waals surface area contributed by atoms with Gasteiger partial charge in [-0.15, -0.1) is 0 Å². The zero-order valence-electron chi connectivity index (χ0n) is 13.7. The Balaban J connectivity index is 2.34. The molecule has 1 aliphatic rings. The molecule has 1 aliphatic heterocycles. The summed E-state index contributed by atoms with van der Waals surface area (Å²) >= 11 is 0. The van der Waals surface area contributed by atoms with Crippen molar-refractivity contribution in [2.24, 2.45) is 0 Å². The van der Waals surface area contributed by atoms with E-state index in [1.54, 1.807) is 0 Å². The van der Waals surface area contributed by atoms with Gasteiger partial charge in [-0.25, -0.2) is 9.48 Å². The number of fused-ring (bicyclic) bond motifs is 1. The summed E-state index contributed by atoms with van der Waals surface area (Å²) < 4.78 is 7.00. The van der Waals surface area contributed by atoms with E-state index in [1.165, 1.54) is 33.9 Å². The van der Waals surface area contributed by atoms with E-state index in [0.29, 0.717) is 0 Å². The number of H-pyrrole nitrogens is 2. The topological polar surface area (TPSA) is 153 Å². The van der Waals surface area contributed by atoms with Crippen LogP contribution in [0.25, 0.3) is 11.0 Å². The minimum absolute atomic E-state index is 0.0320. The second-order valence-electron chi connectivity index (χ2n) is 6.85. The smallest absolute Gasteiger partial charge is 0.327 e. The van der Waals surface area contributed by atoms with Gasteiger partial charge in [0.2, 0.25) is 0 Å². The molecule has 2 aromatic heterocycles. The van der Waals surface area contributed by atoms with Crippen molar-refractivity contribution in [2.45, 2.75) is 50.2 Å². The number of ether oxygens (including phenoxy) is 1. The van der Waals surface area contributed by atoms with Gasteiger partial charge in [0.05, 0.1) is 12.8 Å². The Hall–Kier alpha value is -2.01. The summed E-state index contributed by atoms with van der Waals surface area (Å²) in [4.78, 5) is 28.0. The predicted octanol–water partition coefficient (Wildman–Crippen LogP) is -1.63. The van der Waals surface area contributed by atoms with E-state index < -0.39 is 40.4 Å². The number of aromatic nitrogens is 4. The molecule has 24 heavy (non-hydrogen) atoms. The molecular formula is C14H20N4O6. The Morgan fingerprint density at radius 2 is 1.79 bits per heavy atom. The highest BCUT2D eigenvalue weighted by molar-refractivity contribution is 5.73. The lowest BCUT2D eigenvalue weighted by atomic mass is 9.73. The van der Waals surface area contributed by atoms with Crippen LogP contribution in [0.2, 0.25) is 0 Å². The van der Waals surface area contributed by atoms with Gasteiger partial charge < -0.3 is 20.1 Å². The molecule has 0 unspecified atom stereocenters. The summed E-state index contributed by atoms with van der Waals surface area (Å²) in [6.07, 6.45) is 1.22. The van der Waals surface area contributed by atoms with Crippen molar-refractivity contribution < 1.29 is 20.1 Å². The van der Waals surface area contributed by atoms with Crippen LogP contribution in [0, 0.1) is 0 Å². The maximum absolute atomic E-state index is 11.9. The Morgan fingerprint density at radius 3 is 2.33 bits per heavy atom. The van der Waals surface area contributed by atoms with Crippen LogP contribution in [0.3, 0.4) is 0 Å². The quantitative estimate of drug-likeness (QED) is 0.440. The van der Waals surface area contributed by atoms with Gasteiger partial charge in [0.25, 0.3) is 5.56 Å². The number of nitrogens with zero attached hydrogens (tertiary/aromatic N) is 2. The second kappa shape index (κ2) is 4.54. The minimum atomic E-state index is -1.92. The van der Waals surface area contributed by atoms with Crippen molar-refractivity contribution in [3.63, 3.8) is 0 Å². The lowest BCUT2D eigenvalue weighted by molar-refractivity contribution is -0.198. The predicted molar refractivity (Wildman–Crippen MR) is 82.4 cm³/mol. The molecule has 0 amide bonds. The monoisotopic (exact) mass is 340 g/mol. The standard InChI is InChI=1S/C14H20N4O6/c1-11(6-19)12(2,22)13(3,23)14(4,24-11)18-8-7(5-15-18)9(20)17-10(21)16-8/h5,19,22-23H,6H2,1-4H3,(H2,16,17,20,21)/t11-,12+,13+,14+/m0/s1. The summed E-state index contributed by atoms with van der Waals surface area (Å²) in [5.74, 6) is 0. The van der Waals surface area contributed by atoms with E-state index in [9.17, 15) is 24.9 Å². The van der Waals surface area contributed by atoms with Crippen LogP contribution >= 0.6 is 0 Å². The molecule has 10 nitrogen and oxygen atoms in total. The van der Waals surface area contributed by atoms with Crippen LogP contribution in [0.15, 0.2) is 15.8 Å². The Morgan fingerprint density at radius 1 is 1.17 bits per heavy atom. The summed E-state index contributed by atoms with van der Waals surface area (Å²) in [5, 5.41) is 35.7. The molecule has 3 heterocycles. The third kappa shape index (κ3) is 1.71. The van der Waals surface area contributed by atoms with Crippen LogP contribution in [0.5, 0.6) is 0 Å². The molecule has 0 aromatic carbocycles. The molecule has 3 rings (SSSR count). The van der Waals surface area contributed by atoms with Gasteiger partial charge in [-0.1, -0.05) is 0 Å². The van der Waals surface area contributed by atoms with Gasteiger partial charge in [0, 0.05) is 0 Å². The Labute approximate surface area is 135 Å². The van der Waals surface area contributed by atoms with Gasteiger partial charge in [0.15, 0.2) is 5.72 Å².